The predicted molar refractivity (Wildman–Crippen MR) is 78.8 cm³/mol. The van der Waals surface area contributed by atoms with Gasteiger partial charge in [-0.05, 0) is 31.2 Å². The van der Waals surface area contributed by atoms with Gasteiger partial charge in [-0.3, -0.25) is 0 Å². The van der Waals surface area contributed by atoms with E-state index >= 15 is 0 Å². The molecule has 3 heteroatoms. The van der Waals surface area contributed by atoms with E-state index in [2.05, 4.69) is 0 Å². The lowest BCUT2D eigenvalue weighted by Gasteiger charge is -2.04. The molecule has 0 radical (unpaired) electrons. The molecule has 0 saturated heterocycles. The fraction of sp³-hybridized carbons (Fsp3) is 0.118. The minimum absolute atomic E-state index is 0.417. The van der Waals surface area contributed by atoms with Gasteiger partial charge in [0.05, 0.1) is 7.11 Å². The second-order valence-electron chi connectivity index (χ2n) is 4.31. The molecule has 0 heterocycles. The summed E-state index contributed by atoms with van der Waals surface area (Å²) in [6.07, 6.45) is 3.06. The lowest BCUT2D eigenvalue weighted by atomic mass is 10.2. The molecule has 102 valence electrons. The molecule has 2 aromatic rings. The van der Waals surface area contributed by atoms with E-state index < -0.39 is 5.97 Å². The molecule has 3 nitrogen and oxygen atoms in total. The van der Waals surface area contributed by atoms with Crippen LogP contribution in [-0.2, 0) is 4.79 Å². The van der Waals surface area contributed by atoms with Gasteiger partial charge in [-0.15, -0.1) is 0 Å². The number of carbonyl (C=O) groups is 1. The highest BCUT2D eigenvalue weighted by molar-refractivity contribution is 5.89. The summed E-state index contributed by atoms with van der Waals surface area (Å²) in [6, 6.07) is 14.8. The van der Waals surface area contributed by atoms with E-state index in [1.165, 1.54) is 6.08 Å². The van der Waals surface area contributed by atoms with Gasteiger partial charge in [0.1, 0.15) is 11.5 Å². The fourth-order valence-corrected chi connectivity index (χ4v) is 1.72. The molecule has 20 heavy (non-hydrogen) atoms. The van der Waals surface area contributed by atoms with Gasteiger partial charge in [-0.25, -0.2) is 4.79 Å². The van der Waals surface area contributed by atoms with E-state index in [0.717, 1.165) is 11.1 Å². The molecule has 0 spiro atoms. The highest BCUT2D eigenvalue weighted by Gasteiger charge is 2.02. The Hall–Kier alpha value is -2.55. The Bertz CT molecular complexity index is 612. The first kappa shape index (κ1) is 13.9. The minimum Gasteiger partial charge on any atom is -0.496 e. The molecule has 0 fully saturated rings. The molecule has 0 saturated carbocycles. The summed E-state index contributed by atoms with van der Waals surface area (Å²) in [5.41, 5.74) is 1.95. The maximum absolute atomic E-state index is 11.7. The van der Waals surface area contributed by atoms with E-state index in [1.54, 1.807) is 25.3 Å². The topological polar surface area (TPSA) is 35.5 Å². The van der Waals surface area contributed by atoms with Crippen LogP contribution in [0, 0.1) is 6.92 Å². The van der Waals surface area contributed by atoms with E-state index in [4.69, 9.17) is 9.47 Å². The zero-order chi connectivity index (χ0) is 14.4. The van der Waals surface area contributed by atoms with Gasteiger partial charge in [-0.1, -0.05) is 35.9 Å². The first-order valence-electron chi connectivity index (χ1n) is 6.28. The Morgan fingerprint density at radius 3 is 2.45 bits per heavy atom. The van der Waals surface area contributed by atoms with Crippen LogP contribution in [0.5, 0.6) is 11.5 Å². The fourth-order valence-electron chi connectivity index (χ4n) is 1.72. The van der Waals surface area contributed by atoms with Crippen LogP contribution in [0.3, 0.4) is 0 Å². The van der Waals surface area contributed by atoms with Crippen molar-refractivity contribution in [2.24, 2.45) is 0 Å². The van der Waals surface area contributed by atoms with Crippen LogP contribution in [0.25, 0.3) is 6.08 Å². The maximum atomic E-state index is 11.7. The number of hydrogen-bond donors (Lipinski definition) is 0. The number of carbonyl (C=O) groups excluding carboxylic acids is 1. The van der Waals surface area contributed by atoms with Crippen LogP contribution in [0.2, 0.25) is 0 Å². The molecular weight excluding hydrogens is 252 g/mol. The number of esters is 1. The summed E-state index contributed by atoms with van der Waals surface area (Å²) in [5, 5.41) is 0. The Morgan fingerprint density at radius 2 is 1.75 bits per heavy atom. The van der Waals surface area contributed by atoms with Crippen molar-refractivity contribution in [3.8, 4) is 11.5 Å². The van der Waals surface area contributed by atoms with Crippen LogP contribution in [-0.4, -0.2) is 13.1 Å². The molecule has 2 rings (SSSR count). The lowest BCUT2D eigenvalue weighted by Crippen LogP contribution is -2.03. The monoisotopic (exact) mass is 268 g/mol. The second-order valence-corrected chi connectivity index (χ2v) is 4.31. The van der Waals surface area contributed by atoms with Crippen molar-refractivity contribution in [3.05, 3.63) is 65.7 Å². The summed E-state index contributed by atoms with van der Waals surface area (Å²) in [6.45, 7) is 1.98. The summed E-state index contributed by atoms with van der Waals surface area (Å²) in [7, 11) is 1.59. The quantitative estimate of drug-likeness (QED) is 0.482. The minimum atomic E-state index is -0.417. The van der Waals surface area contributed by atoms with Crippen LogP contribution in [0.4, 0.5) is 0 Å². The van der Waals surface area contributed by atoms with E-state index in [9.17, 15) is 4.79 Å². The largest absolute Gasteiger partial charge is 0.496 e. The molecule has 0 aliphatic rings. The highest BCUT2D eigenvalue weighted by Crippen LogP contribution is 2.19. The Balaban J connectivity index is 2.04. The molecule has 0 amide bonds. The number of ether oxygens (including phenoxy) is 2. The van der Waals surface area contributed by atoms with Crippen molar-refractivity contribution in [2.45, 2.75) is 6.92 Å². The van der Waals surface area contributed by atoms with Gasteiger partial charge in [0.2, 0.25) is 0 Å². The molecule has 0 unspecified atom stereocenters. The first-order valence-corrected chi connectivity index (χ1v) is 6.28. The van der Waals surface area contributed by atoms with Crippen molar-refractivity contribution < 1.29 is 14.3 Å². The molecular formula is C17H16O3. The molecule has 0 bridgehead atoms. The lowest BCUT2D eigenvalue weighted by molar-refractivity contribution is -0.128. The summed E-state index contributed by atoms with van der Waals surface area (Å²) < 4.78 is 10.4. The Labute approximate surface area is 118 Å². The SMILES string of the molecule is COc1ccccc1/C=C/C(=O)Oc1ccc(C)cc1. The average molecular weight is 268 g/mol. The van der Waals surface area contributed by atoms with Crippen molar-refractivity contribution in [2.75, 3.05) is 7.11 Å². The van der Waals surface area contributed by atoms with Crippen LogP contribution in [0.1, 0.15) is 11.1 Å². The third-order valence-electron chi connectivity index (χ3n) is 2.78. The number of rotatable bonds is 4. The average Bonchev–Trinajstić information content (AvgIpc) is 2.48. The number of methoxy groups -OCH3 is 1. The predicted octanol–water partition coefficient (Wildman–Crippen LogP) is 3.62. The molecule has 0 aliphatic carbocycles. The maximum Gasteiger partial charge on any atom is 0.336 e. The number of aryl methyl sites for hydroxylation is 1. The van der Waals surface area contributed by atoms with Gasteiger partial charge < -0.3 is 9.47 Å². The Morgan fingerprint density at radius 1 is 1.05 bits per heavy atom. The van der Waals surface area contributed by atoms with E-state index in [0.29, 0.717) is 11.5 Å². The molecule has 0 N–H and O–H groups in total. The van der Waals surface area contributed by atoms with Gasteiger partial charge in [0.25, 0.3) is 0 Å². The van der Waals surface area contributed by atoms with Gasteiger partial charge in [0, 0.05) is 11.6 Å². The summed E-state index contributed by atoms with van der Waals surface area (Å²) in [5.74, 6) is 0.830. The Kier molecular flexibility index (Phi) is 4.56. The smallest absolute Gasteiger partial charge is 0.336 e. The normalized spacial score (nSPS) is 10.5. The summed E-state index contributed by atoms with van der Waals surface area (Å²) >= 11 is 0. The van der Waals surface area contributed by atoms with Gasteiger partial charge >= 0.3 is 5.97 Å². The highest BCUT2D eigenvalue weighted by atomic mass is 16.5. The van der Waals surface area contributed by atoms with Gasteiger partial charge in [0.15, 0.2) is 0 Å². The number of benzene rings is 2. The second kappa shape index (κ2) is 6.57. The van der Waals surface area contributed by atoms with Gasteiger partial charge in [-0.2, -0.15) is 0 Å². The van der Waals surface area contributed by atoms with Crippen LogP contribution in [0.15, 0.2) is 54.6 Å². The van der Waals surface area contributed by atoms with Crippen molar-refractivity contribution in [1.29, 1.82) is 0 Å². The van der Waals surface area contributed by atoms with Crippen molar-refractivity contribution in [1.82, 2.24) is 0 Å². The third-order valence-corrected chi connectivity index (χ3v) is 2.78. The van der Waals surface area contributed by atoms with Crippen LogP contribution < -0.4 is 9.47 Å². The van der Waals surface area contributed by atoms with Crippen molar-refractivity contribution >= 4 is 12.0 Å². The zero-order valence-electron chi connectivity index (χ0n) is 11.5. The number of para-hydroxylation sites is 1. The van der Waals surface area contributed by atoms with Crippen LogP contribution >= 0.6 is 0 Å². The first-order chi connectivity index (χ1) is 9.69. The third kappa shape index (κ3) is 3.72. The van der Waals surface area contributed by atoms with E-state index in [-0.39, 0.29) is 0 Å². The molecule has 2 aromatic carbocycles. The molecule has 0 aromatic heterocycles. The standard InChI is InChI=1S/C17H16O3/c1-13-7-10-15(11-8-13)20-17(18)12-9-14-5-3-4-6-16(14)19-2/h3-12H,1-2H3/b12-9+. The zero-order valence-corrected chi connectivity index (χ0v) is 11.5. The van der Waals surface area contributed by atoms with E-state index in [1.807, 2.05) is 43.3 Å². The number of hydrogen-bond acceptors (Lipinski definition) is 3. The summed E-state index contributed by atoms with van der Waals surface area (Å²) in [4.78, 5) is 11.7. The van der Waals surface area contributed by atoms with Crippen molar-refractivity contribution in [3.63, 3.8) is 0 Å². The molecule has 0 atom stereocenters. The molecule has 0 aliphatic heterocycles.